The average molecular weight is 322 g/mol. The van der Waals surface area contributed by atoms with Gasteiger partial charge in [0.15, 0.2) is 0 Å². The van der Waals surface area contributed by atoms with E-state index < -0.39 is 0 Å². The summed E-state index contributed by atoms with van der Waals surface area (Å²) in [6, 6.07) is 17.1. The van der Waals surface area contributed by atoms with E-state index in [0.29, 0.717) is 11.3 Å². The number of carbonyl (C=O) groups excluding carboxylic acids is 1. The minimum Gasteiger partial charge on any atom is -0.485 e. The molecule has 2 aromatic rings. The lowest BCUT2D eigenvalue weighted by Gasteiger charge is -2.35. The molecule has 0 aromatic heterocycles. The van der Waals surface area contributed by atoms with Crippen LogP contribution in [0.1, 0.15) is 29.6 Å². The van der Waals surface area contributed by atoms with Crippen molar-refractivity contribution in [1.29, 1.82) is 0 Å². The standard InChI is InChI=1S/C20H22N2O2/c23-19(21-16-7-2-1-3-8-16)17-9-4-5-10-18(17)24-20-11-6-13-22(15-20)14-12-20/h1-5,7-10H,6,11-15H2,(H,21,23)/t20-/m1/s1. The van der Waals surface area contributed by atoms with Crippen molar-refractivity contribution >= 4 is 11.6 Å². The number of para-hydroxylation sites is 2. The van der Waals surface area contributed by atoms with Gasteiger partial charge in [-0.2, -0.15) is 0 Å². The molecular weight excluding hydrogens is 300 g/mol. The van der Waals surface area contributed by atoms with Crippen molar-refractivity contribution in [2.45, 2.75) is 24.9 Å². The number of nitrogens with zero attached hydrogens (tertiary/aromatic N) is 1. The van der Waals surface area contributed by atoms with E-state index in [2.05, 4.69) is 10.2 Å². The summed E-state index contributed by atoms with van der Waals surface area (Å²) in [5.74, 6) is 0.563. The number of rotatable bonds is 4. The second-order valence-corrected chi connectivity index (χ2v) is 6.73. The van der Waals surface area contributed by atoms with Crippen LogP contribution < -0.4 is 10.1 Å². The Labute approximate surface area is 142 Å². The Morgan fingerprint density at radius 3 is 2.67 bits per heavy atom. The first-order valence-electron chi connectivity index (χ1n) is 8.61. The molecule has 2 aromatic carbocycles. The molecule has 4 nitrogen and oxygen atoms in total. The summed E-state index contributed by atoms with van der Waals surface area (Å²) in [5, 5.41) is 2.95. The summed E-state index contributed by atoms with van der Waals surface area (Å²) in [4.78, 5) is 15.1. The number of anilines is 1. The van der Waals surface area contributed by atoms with Crippen molar-refractivity contribution in [3.05, 3.63) is 60.2 Å². The van der Waals surface area contributed by atoms with E-state index in [0.717, 1.165) is 31.6 Å². The zero-order valence-corrected chi connectivity index (χ0v) is 13.7. The van der Waals surface area contributed by atoms with Crippen LogP contribution in [0.4, 0.5) is 5.69 Å². The second kappa shape index (κ2) is 6.29. The minimum atomic E-state index is -0.126. The SMILES string of the molecule is O=C(Nc1ccccc1)c1ccccc1O[C@]12CCCN(CC1)C2. The Kier molecular flexibility index (Phi) is 3.98. The smallest absolute Gasteiger partial charge is 0.259 e. The lowest BCUT2D eigenvalue weighted by atomic mass is 9.94. The molecule has 2 fully saturated rings. The van der Waals surface area contributed by atoms with Crippen LogP contribution in [0, 0.1) is 0 Å². The largest absolute Gasteiger partial charge is 0.485 e. The van der Waals surface area contributed by atoms with Crippen LogP contribution in [0.2, 0.25) is 0 Å². The maximum Gasteiger partial charge on any atom is 0.259 e. The normalized spacial score (nSPS) is 25.2. The number of nitrogens with one attached hydrogen (secondary N) is 1. The zero-order valence-electron chi connectivity index (χ0n) is 13.7. The Balaban J connectivity index is 1.55. The van der Waals surface area contributed by atoms with Gasteiger partial charge in [-0.3, -0.25) is 9.69 Å². The predicted octanol–water partition coefficient (Wildman–Crippen LogP) is 3.56. The molecule has 2 heterocycles. The van der Waals surface area contributed by atoms with Gasteiger partial charge in [0.05, 0.1) is 5.56 Å². The van der Waals surface area contributed by atoms with Crippen molar-refractivity contribution in [2.75, 3.05) is 25.0 Å². The highest BCUT2D eigenvalue weighted by molar-refractivity contribution is 6.06. The summed E-state index contributed by atoms with van der Waals surface area (Å²) in [6.07, 6.45) is 3.28. The van der Waals surface area contributed by atoms with E-state index in [1.807, 2.05) is 54.6 Å². The first-order valence-corrected chi connectivity index (χ1v) is 8.61. The summed E-state index contributed by atoms with van der Waals surface area (Å²) >= 11 is 0. The third kappa shape index (κ3) is 3.02. The molecule has 0 saturated carbocycles. The van der Waals surface area contributed by atoms with Gasteiger partial charge in [0.1, 0.15) is 11.4 Å². The van der Waals surface area contributed by atoms with Crippen LogP contribution in [0.15, 0.2) is 54.6 Å². The van der Waals surface area contributed by atoms with Crippen molar-refractivity contribution in [3.63, 3.8) is 0 Å². The predicted molar refractivity (Wildman–Crippen MR) is 94.5 cm³/mol. The molecule has 4 rings (SSSR count). The molecule has 4 heteroatoms. The van der Waals surface area contributed by atoms with E-state index in [4.69, 9.17) is 4.74 Å². The van der Waals surface area contributed by atoms with Gasteiger partial charge in [0.25, 0.3) is 5.91 Å². The third-order valence-corrected chi connectivity index (χ3v) is 4.99. The van der Waals surface area contributed by atoms with Gasteiger partial charge in [-0.1, -0.05) is 30.3 Å². The molecule has 2 aliphatic rings. The van der Waals surface area contributed by atoms with Crippen LogP contribution >= 0.6 is 0 Å². The first-order chi connectivity index (χ1) is 11.7. The van der Waals surface area contributed by atoms with Crippen LogP contribution in [-0.4, -0.2) is 36.0 Å². The van der Waals surface area contributed by atoms with Crippen molar-refractivity contribution < 1.29 is 9.53 Å². The highest BCUT2D eigenvalue weighted by Crippen LogP contribution is 2.36. The number of ether oxygens (including phenoxy) is 1. The summed E-state index contributed by atoms with van der Waals surface area (Å²) in [6.45, 7) is 3.24. The van der Waals surface area contributed by atoms with Gasteiger partial charge in [-0.05, 0) is 43.7 Å². The summed E-state index contributed by atoms with van der Waals surface area (Å²) in [5.41, 5.74) is 1.27. The van der Waals surface area contributed by atoms with Gasteiger partial charge < -0.3 is 10.1 Å². The molecule has 24 heavy (non-hydrogen) atoms. The molecule has 2 bridgehead atoms. The van der Waals surface area contributed by atoms with Crippen molar-refractivity contribution in [2.24, 2.45) is 0 Å². The maximum absolute atomic E-state index is 12.7. The lowest BCUT2D eigenvalue weighted by Crippen LogP contribution is -2.43. The Morgan fingerprint density at radius 1 is 1.00 bits per heavy atom. The fourth-order valence-electron chi connectivity index (χ4n) is 3.78. The van der Waals surface area contributed by atoms with Crippen LogP contribution in [0.5, 0.6) is 5.75 Å². The number of carbonyl (C=O) groups is 1. The number of amides is 1. The Morgan fingerprint density at radius 2 is 1.79 bits per heavy atom. The second-order valence-electron chi connectivity index (χ2n) is 6.73. The molecule has 2 saturated heterocycles. The van der Waals surface area contributed by atoms with Crippen LogP contribution in [0.25, 0.3) is 0 Å². The number of hydrogen-bond acceptors (Lipinski definition) is 3. The third-order valence-electron chi connectivity index (χ3n) is 4.99. The number of benzene rings is 2. The number of piperidine rings is 1. The van der Waals surface area contributed by atoms with Crippen molar-refractivity contribution in [3.8, 4) is 5.75 Å². The highest BCUT2D eigenvalue weighted by atomic mass is 16.5. The molecule has 1 unspecified atom stereocenters. The van der Waals surface area contributed by atoms with Crippen LogP contribution in [0.3, 0.4) is 0 Å². The van der Waals surface area contributed by atoms with Gasteiger partial charge >= 0.3 is 0 Å². The van der Waals surface area contributed by atoms with E-state index >= 15 is 0 Å². The average Bonchev–Trinajstić information content (AvgIpc) is 2.90. The molecular formula is C20H22N2O2. The van der Waals surface area contributed by atoms with Gasteiger partial charge in [0, 0.05) is 25.2 Å². The Hall–Kier alpha value is -2.33. The van der Waals surface area contributed by atoms with E-state index in [1.165, 1.54) is 13.0 Å². The molecule has 2 atom stereocenters. The van der Waals surface area contributed by atoms with Gasteiger partial charge in [-0.15, -0.1) is 0 Å². The molecule has 124 valence electrons. The molecule has 1 N–H and O–H groups in total. The summed E-state index contributed by atoms with van der Waals surface area (Å²) in [7, 11) is 0. The van der Waals surface area contributed by atoms with Gasteiger partial charge in [-0.25, -0.2) is 0 Å². The van der Waals surface area contributed by atoms with E-state index in [9.17, 15) is 4.79 Å². The van der Waals surface area contributed by atoms with E-state index in [-0.39, 0.29) is 11.5 Å². The summed E-state index contributed by atoms with van der Waals surface area (Å²) < 4.78 is 6.42. The fourth-order valence-corrected chi connectivity index (χ4v) is 3.78. The lowest BCUT2D eigenvalue weighted by molar-refractivity contribution is 0.0443. The minimum absolute atomic E-state index is 0.124. The fraction of sp³-hybridized carbons (Fsp3) is 0.350. The highest BCUT2D eigenvalue weighted by Gasteiger charge is 2.43. The number of fused-ring (bicyclic) bond motifs is 2. The Bertz CT molecular complexity index is 727. The molecule has 1 amide bonds. The molecule has 0 radical (unpaired) electrons. The topological polar surface area (TPSA) is 41.6 Å². The first kappa shape index (κ1) is 15.2. The maximum atomic E-state index is 12.7. The number of hydrogen-bond donors (Lipinski definition) is 1. The monoisotopic (exact) mass is 322 g/mol. The van der Waals surface area contributed by atoms with Crippen molar-refractivity contribution in [1.82, 2.24) is 4.90 Å². The molecule has 0 spiro atoms. The zero-order chi connectivity index (χ0) is 16.4. The van der Waals surface area contributed by atoms with Gasteiger partial charge in [0.2, 0.25) is 0 Å². The van der Waals surface area contributed by atoms with Crippen LogP contribution in [-0.2, 0) is 0 Å². The quantitative estimate of drug-likeness (QED) is 0.936. The molecule has 2 aliphatic heterocycles. The van der Waals surface area contributed by atoms with E-state index in [1.54, 1.807) is 0 Å². The molecule has 0 aliphatic carbocycles.